The second kappa shape index (κ2) is 6.41. The molecule has 108 valence electrons. The first kappa shape index (κ1) is 16.7. The predicted molar refractivity (Wildman–Crippen MR) is 77.2 cm³/mol. The van der Waals surface area contributed by atoms with Gasteiger partial charge in [0.2, 0.25) is 10.0 Å². The number of hydrogen-bond donors (Lipinski definition) is 2. The minimum absolute atomic E-state index is 0.0164. The summed E-state index contributed by atoms with van der Waals surface area (Å²) in [4.78, 5) is -0.0164. The van der Waals surface area contributed by atoms with Crippen molar-refractivity contribution in [2.75, 3.05) is 6.54 Å². The molecule has 0 saturated carbocycles. The number of benzene rings is 1. The molecular weight excluding hydrogens is 309 g/mol. The molecule has 0 saturated heterocycles. The Bertz CT molecular complexity index is 524. The first-order valence-corrected chi connectivity index (χ1v) is 8.08. The molecule has 4 nitrogen and oxygen atoms in total. The van der Waals surface area contributed by atoms with Crippen LogP contribution in [0.5, 0.6) is 0 Å². The molecular formula is C12H17Cl2NO3S. The summed E-state index contributed by atoms with van der Waals surface area (Å²) in [5.41, 5.74) is -1.08. The summed E-state index contributed by atoms with van der Waals surface area (Å²) >= 11 is 11.5. The van der Waals surface area contributed by atoms with Gasteiger partial charge in [-0.2, -0.15) is 0 Å². The largest absolute Gasteiger partial charge is 0.389 e. The van der Waals surface area contributed by atoms with Gasteiger partial charge < -0.3 is 5.11 Å². The van der Waals surface area contributed by atoms with Crippen molar-refractivity contribution in [1.82, 2.24) is 4.72 Å². The van der Waals surface area contributed by atoms with Crippen LogP contribution in [-0.2, 0) is 10.0 Å². The van der Waals surface area contributed by atoms with Gasteiger partial charge in [-0.05, 0) is 31.5 Å². The van der Waals surface area contributed by atoms with E-state index in [1.54, 1.807) is 6.92 Å². The molecule has 0 aromatic heterocycles. The maximum Gasteiger partial charge on any atom is 0.240 e. The zero-order valence-corrected chi connectivity index (χ0v) is 13.1. The monoisotopic (exact) mass is 325 g/mol. The zero-order valence-electron chi connectivity index (χ0n) is 10.8. The molecule has 0 aliphatic rings. The van der Waals surface area contributed by atoms with Crippen molar-refractivity contribution < 1.29 is 13.5 Å². The third-order valence-electron chi connectivity index (χ3n) is 2.58. The Labute approximate surface area is 123 Å². The third-order valence-corrected chi connectivity index (χ3v) is 4.40. The van der Waals surface area contributed by atoms with Crippen molar-refractivity contribution in [3.8, 4) is 0 Å². The van der Waals surface area contributed by atoms with Gasteiger partial charge in [-0.25, -0.2) is 13.1 Å². The first-order valence-electron chi connectivity index (χ1n) is 5.84. The maximum atomic E-state index is 12.0. The Kier molecular flexibility index (Phi) is 5.65. The van der Waals surface area contributed by atoms with Crippen LogP contribution in [-0.4, -0.2) is 25.7 Å². The average molecular weight is 326 g/mol. The maximum absolute atomic E-state index is 12.0. The topological polar surface area (TPSA) is 66.4 Å². The zero-order chi connectivity index (χ0) is 14.7. The third kappa shape index (κ3) is 5.28. The van der Waals surface area contributed by atoms with Crippen molar-refractivity contribution in [2.24, 2.45) is 0 Å². The fourth-order valence-electron chi connectivity index (χ4n) is 1.64. The van der Waals surface area contributed by atoms with Crippen LogP contribution >= 0.6 is 23.2 Å². The molecule has 1 aromatic rings. The van der Waals surface area contributed by atoms with E-state index >= 15 is 0 Å². The van der Waals surface area contributed by atoms with Crippen molar-refractivity contribution in [3.05, 3.63) is 28.2 Å². The molecule has 1 unspecified atom stereocenters. The highest BCUT2D eigenvalue weighted by Gasteiger charge is 2.23. The lowest BCUT2D eigenvalue weighted by molar-refractivity contribution is 0.0554. The number of sulfonamides is 1. The van der Waals surface area contributed by atoms with Crippen LogP contribution in [0.4, 0.5) is 0 Å². The van der Waals surface area contributed by atoms with Gasteiger partial charge in [0.25, 0.3) is 0 Å². The number of nitrogens with one attached hydrogen (secondary N) is 1. The van der Waals surface area contributed by atoms with E-state index < -0.39 is 15.6 Å². The second-order valence-corrected chi connectivity index (χ2v) is 7.32. The standard InChI is InChI=1S/C12H17Cl2NO3S/c1-3-4-12(2,16)8-15-19(17,18)11-6-9(13)5-10(14)7-11/h5-7,15-16H,3-4,8H2,1-2H3. The van der Waals surface area contributed by atoms with Gasteiger partial charge in [-0.3, -0.25) is 0 Å². The molecule has 0 heterocycles. The average Bonchev–Trinajstić information content (AvgIpc) is 2.25. The lowest BCUT2D eigenvalue weighted by Gasteiger charge is -2.22. The number of rotatable bonds is 6. The molecule has 0 aliphatic heterocycles. The SMILES string of the molecule is CCCC(C)(O)CNS(=O)(=O)c1cc(Cl)cc(Cl)c1. The van der Waals surface area contributed by atoms with E-state index in [0.717, 1.165) is 6.42 Å². The minimum atomic E-state index is -3.74. The van der Waals surface area contributed by atoms with E-state index in [9.17, 15) is 13.5 Å². The Balaban J connectivity index is 2.87. The molecule has 7 heteroatoms. The van der Waals surface area contributed by atoms with Crippen LogP contribution in [0, 0.1) is 0 Å². The number of halogens is 2. The Morgan fingerprint density at radius 3 is 2.26 bits per heavy atom. The molecule has 0 aliphatic carbocycles. The smallest absolute Gasteiger partial charge is 0.240 e. The molecule has 19 heavy (non-hydrogen) atoms. The van der Waals surface area contributed by atoms with Crippen LogP contribution in [0.25, 0.3) is 0 Å². The van der Waals surface area contributed by atoms with Crippen LogP contribution in [0.15, 0.2) is 23.1 Å². The van der Waals surface area contributed by atoms with Gasteiger partial charge >= 0.3 is 0 Å². The van der Waals surface area contributed by atoms with Crippen molar-refractivity contribution in [2.45, 2.75) is 37.2 Å². The molecule has 0 radical (unpaired) electrons. The Morgan fingerprint density at radius 2 is 1.79 bits per heavy atom. The molecule has 0 amide bonds. The number of hydrogen-bond acceptors (Lipinski definition) is 3. The highest BCUT2D eigenvalue weighted by atomic mass is 35.5. The van der Waals surface area contributed by atoms with Gasteiger partial charge in [0.05, 0.1) is 10.5 Å². The minimum Gasteiger partial charge on any atom is -0.389 e. The molecule has 1 rings (SSSR count). The van der Waals surface area contributed by atoms with Crippen LogP contribution in [0.1, 0.15) is 26.7 Å². The molecule has 1 aromatic carbocycles. The fraction of sp³-hybridized carbons (Fsp3) is 0.500. The van der Waals surface area contributed by atoms with E-state index in [4.69, 9.17) is 23.2 Å². The normalized spacial score (nSPS) is 15.2. The second-order valence-electron chi connectivity index (χ2n) is 4.68. The molecule has 0 spiro atoms. The lowest BCUT2D eigenvalue weighted by Crippen LogP contribution is -2.40. The van der Waals surface area contributed by atoms with E-state index in [-0.39, 0.29) is 21.5 Å². The summed E-state index contributed by atoms with van der Waals surface area (Å²) < 4.78 is 26.5. The summed E-state index contributed by atoms with van der Waals surface area (Å²) in [7, 11) is -3.74. The molecule has 2 N–H and O–H groups in total. The fourth-order valence-corrected chi connectivity index (χ4v) is 3.53. The molecule has 0 fully saturated rings. The van der Waals surface area contributed by atoms with E-state index in [1.807, 2.05) is 6.92 Å². The summed E-state index contributed by atoms with van der Waals surface area (Å²) in [6.07, 6.45) is 1.27. The highest BCUT2D eigenvalue weighted by molar-refractivity contribution is 7.89. The summed E-state index contributed by atoms with van der Waals surface area (Å²) in [5.74, 6) is 0. The van der Waals surface area contributed by atoms with E-state index in [1.165, 1.54) is 18.2 Å². The van der Waals surface area contributed by atoms with Crippen LogP contribution < -0.4 is 4.72 Å². The van der Waals surface area contributed by atoms with Crippen molar-refractivity contribution >= 4 is 33.2 Å². The van der Waals surface area contributed by atoms with Gasteiger partial charge in [0, 0.05) is 16.6 Å². The van der Waals surface area contributed by atoms with Gasteiger partial charge in [0.1, 0.15) is 0 Å². The quantitative estimate of drug-likeness (QED) is 0.845. The lowest BCUT2D eigenvalue weighted by atomic mass is 10.0. The summed E-state index contributed by atoms with van der Waals surface area (Å²) in [6, 6.07) is 4.07. The van der Waals surface area contributed by atoms with Crippen molar-refractivity contribution in [3.63, 3.8) is 0 Å². The van der Waals surface area contributed by atoms with Gasteiger partial charge in [-0.15, -0.1) is 0 Å². The predicted octanol–water partition coefficient (Wildman–Crippen LogP) is 2.82. The molecule has 0 bridgehead atoms. The highest BCUT2D eigenvalue weighted by Crippen LogP contribution is 2.22. The first-order chi connectivity index (χ1) is 8.66. The number of aliphatic hydroxyl groups is 1. The van der Waals surface area contributed by atoms with Gasteiger partial charge in [-0.1, -0.05) is 36.5 Å². The Hall–Kier alpha value is -0.330. The summed E-state index contributed by atoms with van der Waals surface area (Å²) in [6.45, 7) is 3.44. The summed E-state index contributed by atoms with van der Waals surface area (Å²) in [5, 5.41) is 10.4. The van der Waals surface area contributed by atoms with Gasteiger partial charge in [0.15, 0.2) is 0 Å². The molecule has 1 atom stereocenters. The van der Waals surface area contributed by atoms with Crippen LogP contribution in [0.2, 0.25) is 10.0 Å². The van der Waals surface area contributed by atoms with E-state index in [0.29, 0.717) is 6.42 Å². The van der Waals surface area contributed by atoms with E-state index in [2.05, 4.69) is 4.72 Å². The van der Waals surface area contributed by atoms with Crippen molar-refractivity contribution in [1.29, 1.82) is 0 Å². The Morgan fingerprint density at radius 1 is 1.26 bits per heavy atom. The van der Waals surface area contributed by atoms with Crippen LogP contribution in [0.3, 0.4) is 0 Å².